The van der Waals surface area contributed by atoms with Crippen LogP contribution >= 0.6 is 22.6 Å². The van der Waals surface area contributed by atoms with Crippen LogP contribution in [-0.2, 0) is 0 Å². The number of rotatable bonds is 2. The quantitative estimate of drug-likeness (QED) is 0.843. The zero-order chi connectivity index (χ0) is 13.3. The molecule has 2 rings (SSSR count). The van der Waals surface area contributed by atoms with Crippen molar-refractivity contribution in [2.45, 2.75) is 26.7 Å². The van der Waals surface area contributed by atoms with Gasteiger partial charge in [0, 0.05) is 6.20 Å². The van der Waals surface area contributed by atoms with E-state index in [-0.39, 0.29) is 11.5 Å². The minimum atomic E-state index is -0.105. The first-order valence-corrected chi connectivity index (χ1v) is 6.79. The van der Waals surface area contributed by atoms with Gasteiger partial charge < -0.3 is 4.98 Å². The van der Waals surface area contributed by atoms with Crippen LogP contribution < -0.4 is 5.56 Å². The van der Waals surface area contributed by atoms with E-state index >= 15 is 0 Å². The van der Waals surface area contributed by atoms with E-state index in [9.17, 15) is 4.79 Å². The van der Waals surface area contributed by atoms with Crippen molar-refractivity contribution in [2.24, 2.45) is 0 Å². The number of halogens is 1. The highest BCUT2D eigenvalue weighted by Gasteiger charge is 2.13. The number of hydrogen-bond donors (Lipinski definition) is 1. The summed E-state index contributed by atoms with van der Waals surface area (Å²) in [6, 6.07) is 3.82. The van der Waals surface area contributed by atoms with Crippen molar-refractivity contribution < 1.29 is 0 Å². The Morgan fingerprint density at radius 3 is 2.61 bits per heavy atom. The first kappa shape index (κ1) is 13.2. The number of nitrogens with zero attached hydrogens (tertiary/aromatic N) is 2. The Hall–Kier alpha value is -1.24. The first-order chi connectivity index (χ1) is 8.49. The largest absolute Gasteiger partial charge is 0.304 e. The highest BCUT2D eigenvalue weighted by atomic mass is 127. The van der Waals surface area contributed by atoms with E-state index in [0.29, 0.717) is 15.1 Å². The van der Waals surface area contributed by atoms with Gasteiger partial charge in [0.2, 0.25) is 0 Å². The van der Waals surface area contributed by atoms with Gasteiger partial charge in [-0.25, -0.2) is 4.98 Å². The highest BCUT2D eigenvalue weighted by molar-refractivity contribution is 14.1. The van der Waals surface area contributed by atoms with Crippen molar-refractivity contribution in [3.8, 4) is 11.5 Å². The van der Waals surface area contributed by atoms with Gasteiger partial charge in [-0.1, -0.05) is 19.9 Å². The Labute approximate surface area is 119 Å². The van der Waals surface area contributed by atoms with E-state index in [1.165, 1.54) is 0 Å². The minimum absolute atomic E-state index is 0.105. The van der Waals surface area contributed by atoms with Gasteiger partial charge in [-0.3, -0.25) is 9.78 Å². The van der Waals surface area contributed by atoms with E-state index in [0.717, 1.165) is 11.3 Å². The lowest BCUT2D eigenvalue weighted by molar-refractivity contribution is 0.801. The topological polar surface area (TPSA) is 58.6 Å². The molecule has 94 valence electrons. The molecular formula is C13H14IN3O. The summed E-state index contributed by atoms with van der Waals surface area (Å²) < 4.78 is 0.651. The van der Waals surface area contributed by atoms with Crippen LogP contribution in [0.5, 0.6) is 0 Å². The van der Waals surface area contributed by atoms with Crippen LogP contribution in [0.3, 0.4) is 0 Å². The van der Waals surface area contributed by atoms with Gasteiger partial charge in [0.1, 0.15) is 5.69 Å². The predicted molar refractivity (Wildman–Crippen MR) is 79.6 cm³/mol. The molecule has 18 heavy (non-hydrogen) atoms. The normalized spacial score (nSPS) is 10.9. The molecule has 4 nitrogen and oxygen atoms in total. The molecule has 5 heteroatoms. The average molecular weight is 355 g/mol. The van der Waals surface area contributed by atoms with Crippen LogP contribution in [0, 0.1) is 10.5 Å². The van der Waals surface area contributed by atoms with Gasteiger partial charge in [0.25, 0.3) is 5.56 Å². The summed E-state index contributed by atoms with van der Waals surface area (Å²) in [7, 11) is 0. The van der Waals surface area contributed by atoms with Gasteiger partial charge in [-0.2, -0.15) is 0 Å². The zero-order valence-electron chi connectivity index (χ0n) is 10.5. The molecule has 0 aromatic carbocycles. The highest BCUT2D eigenvalue weighted by Crippen LogP contribution is 2.19. The number of nitrogens with one attached hydrogen (secondary N) is 1. The molecule has 0 atom stereocenters. The van der Waals surface area contributed by atoms with Crippen LogP contribution in [0.2, 0.25) is 0 Å². The molecule has 0 aliphatic carbocycles. The molecule has 0 aliphatic heterocycles. The minimum Gasteiger partial charge on any atom is -0.304 e. The monoisotopic (exact) mass is 355 g/mol. The Morgan fingerprint density at radius 2 is 2.06 bits per heavy atom. The second kappa shape index (κ2) is 5.17. The number of aromatic nitrogens is 3. The van der Waals surface area contributed by atoms with Crippen molar-refractivity contribution in [3.63, 3.8) is 0 Å². The molecule has 0 fully saturated rings. The third-order valence-electron chi connectivity index (χ3n) is 2.59. The SMILES string of the molecule is Cc1ccc(-c2nc(C(C)C)c(I)c(=O)[nH]2)nc1. The average Bonchev–Trinajstić information content (AvgIpc) is 2.33. The van der Waals surface area contributed by atoms with E-state index < -0.39 is 0 Å². The van der Waals surface area contributed by atoms with Crippen molar-refractivity contribution in [2.75, 3.05) is 0 Å². The van der Waals surface area contributed by atoms with Crippen molar-refractivity contribution in [1.29, 1.82) is 0 Å². The molecule has 1 N–H and O–H groups in total. The lowest BCUT2D eigenvalue weighted by Crippen LogP contribution is -2.17. The Balaban J connectivity index is 2.59. The fourth-order valence-electron chi connectivity index (χ4n) is 1.59. The molecule has 2 aromatic rings. The van der Waals surface area contributed by atoms with Crippen molar-refractivity contribution >= 4 is 22.6 Å². The number of hydrogen-bond acceptors (Lipinski definition) is 3. The lowest BCUT2D eigenvalue weighted by atomic mass is 10.1. The zero-order valence-corrected chi connectivity index (χ0v) is 12.6. The lowest BCUT2D eigenvalue weighted by Gasteiger charge is -2.09. The van der Waals surface area contributed by atoms with Gasteiger partial charge in [-0.15, -0.1) is 0 Å². The molecule has 2 heterocycles. The molecule has 0 amide bonds. The molecule has 0 saturated carbocycles. The summed E-state index contributed by atoms with van der Waals surface area (Å²) in [6.07, 6.45) is 1.77. The van der Waals surface area contributed by atoms with Crippen molar-refractivity contribution in [3.05, 3.63) is 43.5 Å². The van der Waals surface area contributed by atoms with E-state index in [2.05, 4.69) is 15.0 Å². The van der Waals surface area contributed by atoms with Crippen molar-refractivity contribution in [1.82, 2.24) is 15.0 Å². The molecule has 0 saturated heterocycles. The van der Waals surface area contributed by atoms with Gasteiger partial charge in [0.05, 0.1) is 9.26 Å². The third kappa shape index (κ3) is 2.60. The maximum Gasteiger partial charge on any atom is 0.264 e. The van der Waals surface area contributed by atoms with E-state index in [1.54, 1.807) is 6.20 Å². The number of aromatic amines is 1. The van der Waals surface area contributed by atoms with Crippen LogP contribution in [0.4, 0.5) is 0 Å². The third-order valence-corrected chi connectivity index (χ3v) is 3.63. The Bertz CT molecular complexity index is 617. The second-order valence-corrected chi connectivity index (χ2v) is 5.57. The van der Waals surface area contributed by atoms with Crippen LogP contribution in [0.15, 0.2) is 23.1 Å². The summed E-state index contributed by atoms with van der Waals surface area (Å²) in [4.78, 5) is 23.4. The van der Waals surface area contributed by atoms with Gasteiger partial charge in [0.15, 0.2) is 5.82 Å². The smallest absolute Gasteiger partial charge is 0.264 e. The maximum atomic E-state index is 11.9. The standard InChI is InChI=1S/C13H14IN3O/c1-7(2)11-10(14)13(18)17-12(16-11)9-5-4-8(3)6-15-9/h4-7H,1-3H3,(H,16,17,18). The van der Waals surface area contributed by atoms with Gasteiger partial charge >= 0.3 is 0 Å². The molecular weight excluding hydrogens is 341 g/mol. The number of aryl methyl sites for hydroxylation is 1. The molecule has 0 aliphatic rings. The van der Waals surface area contributed by atoms with Crippen LogP contribution in [-0.4, -0.2) is 15.0 Å². The summed E-state index contributed by atoms with van der Waals surface area (Å²) in [5.74, 6) is 0.743. The summed E-state index contributed by atoms with van der Waals surface area (Å²) in [5, 5.41) is 0. The Morgan fingerprint density at radius 1 is 1.33 bits per heavy atom. The van der Waals surface area contributed by atoms with Crippen LogP contribution in [0.1, 0.15) is 31.0 Å². The number of H-pyrrole nitrogens is 1. The summed E-state index contributed by atoms with van der Waals surface area (Å²) >= 11 is 2.03. The molecule has 0 radical (unpaired) electrons. The second-order valence-electron chi connectivity index (χ2n) is 4.49. The van der Waals surface area contributed by atoms with Crippen LogP contribution in [0.25, 0.3) is 11.5 Å². The predicted octanol–water partition coefficient (Wildman–Crippen LogP) is 2.87. The molecule has 0 spiro atoms. The van der Waals surface area contributed by atoms with E-state index in [4.69, 9.17) is 0 Å². The number of pyridine rings is 1. The maximum absolute atomic E-state index is 11.9. The first-order valence-electron chi connectivity index (χ1n) is 5.71. The molecule has 2 aromatic heterocycles. The summed E-state index contributed by atoms with van der Waals surface area (Å²) in [5.41, 5.74) is 2.48. The van der Waals surface area contributed by atoms with E-state index in [1.807, 2.05) is 55.5 Å². The fraction of sp³-hybridized carbons (Fsp3) is 0.308. The fourth-order valence-corrected chi connectivity index (χ4v) is 2.47. The Kier molecular flexibility index (Phi) is 3.79. The molecule has 0 bridgehead atoms. The molecule has 0 unspecified atom stereocenters. The summed E-state index contributed by atoms with van der Waals surface area (Å²) in [6.45, 7) is 6.02. The van der Waals surface area contributed by atoms with Gasteiger partial charge in [-0.05, 0) is 47.1 Å².